The first-order valence-corrected chi connectivity index (χ1v) is 7.56. The summed E-state index contributed by atoms with van der Waals surface area (Å²) < 4.78 is 10.7. The summed E-state index contributed by atoms with van der Waals surface area (Å²) in [6.07, 6.45) is 0. The predicted molar refractivity (Wildman–Crippen MR) is 89.6 cm³/mol. The molecule has 0 fully saturated rings. The van der Waals surface area contributed by atoms with E-state index in [-0.39, 0.29) is 0 Å². The van der Waals surface area contributed by atoms with Gasteiger partial charge in [0.05, 0.1) is 0 Å². The van der Waals surface area contributed by atoms with Gasteiger partial charge in [0.15, 0.2) is 11.5 Å². The molecule has 0 saturated carbocycles. The highest BCUT2D eigenvalue weighted by molar-refractivity contribution is 6.27. The van der Waals surface area contributed by atoms with E-state index < -0.39 is 11.9 Å². The fourth-order valence-electron chi connectivity index (χ4n) is 2.22. The standard InChI is InChI=1S/C16H17NO2.C2H2O4/c1-12-3-2-4-13(7-12)9-17-10-14-5-6-15-16(8-14)19-11-18-15;3-1(4)2(5)6/h2-8,17H,9-11H2,1H3;(H,3,4)(H,5,6). The topological polar surface area (TPSA) is 105 Å². The molecule has 0 aliphatic carbocycles. The number of carbonyl (C=O) groups is 2. The molecule has 1 aliphatic rings. The highest BCUT2D eigenvalue weighted by atomic mass is 16.7. The van der Waals surface area contributed by atoms with E-state index in [4.69, 9.17) is 29.3 Å². The van der Waals surface area contributed by atoms with Crippen molar-refractivity contribution < 1.29 is 29.3 Å². The average molecular weight is 345 g/mol. The second kappa shape index (κ2) is 8.70. The number of aryl methyl sites for hydroxylation is 1. The number of hydrogen-bond donors (Lipinski definition) is 3. The summed E-state index contributed by atoms with van der Waals surface area (Å²) in [5.41, 5.74) is 3.81. The number of hydrogen-bond acceptors (Lipinski definition) is 5. The molecule has 7 nitrogen and oxygen atoms in total. The van der Waals surface area contributed by atoms with Gasteiger partial charge in [0.1, 0.15) is 0 Å². The molecule has 0 atom stereocenters. The molecular weight excluding hydrogens is 326 g/mol. The van der Waals surface area contributed by atoms with Gasteiger partial charge in [-0.15, -0.1) is 0 Å². The van der Waals surface area contributed by atoms with Crippen LogP contribution in [-0.4, -0.2) is 28.9 Å². The molecule has 132 valence electrons. The van der Waals surface area contributed by atoms with Crippen LogP contribution in [0.25, 0.3) is 0 Å². The molecule has 3 rings (SSSR count). The monoisotopic (exact) mass is 345 g/mol. The van der Waals surface area contributed by atoms with Gasteiger partial charge >= 0.3 is 11.9 Å². The maximum absolute atomic E-state index is 9.10. The van der Waals surface area contributed by atoms with Crippen molar-refractivity contribution in [2.75, 3.05) is 6.79 Å². The van der Waals surface area contributed by atoms with Crippen LogP contribution >= 0.6 is 0 Å². The minimum Gasteiger partial charge on any atom is -0.473 e. The first-order valence-electron chi connectivity index (χ1n) is 7.56. The van der Waals surface area contributed by atoms with Crippen LogP contribution in [0.2, 0.25) is 0 Å². The zero-order valence-electron chi connectivity index (χ0n) is 13.7. The fraction of sp³-hybridized carbons (Fsp3) is 0.222. The Bertz CT molecular complexity index is 747. The third-order valence-corrected chi connectivity index (χ3v) is 3.36. The molecule has 0 unspecified atom stereocenters. The largest absolute Gasteiger partial charge is 0.473 e. The van der Waals surface area contributed by atoms with Crippen molar-refractivity contribution in [2.45, 2.75) is 20.0 Å². The quantitative estimate of drug-likeness (QED) is 0.729. The van der Waals surface area contributed by atoms with Gasteiger partial charge in [-0.2, -0.15) is 0 Å². The average Bonchev–Trinajstić information content (AvgIpc) is 3.03. The van der Waals surface area contributed by atoms with E-state index in [9.17, 15) is 0 Å². The number of carboxylic acids is 2. The molecule has 2 aromatic carbocycles. The van der Waals surface area contributed by atoms with Crippen molar-refractivity contribution in [3.05, 3.63) is 59.2 Å². The van der Waals surface area contributed by atoms with Crippen molar-refractivity contribution in [1.29, 1.82) is 0 Å². The van der Waals surface area contributed by atoms with Gasteiger partial charge in [0.2, 0.25) is 6.79 Å². The third-order valence-electron chi connectivity index (χ3n) is 3.36. The zero-order valence-corrected chi connectivity index (χ0v) is 13.7. The van der Waals surface area contributed by atoms with Crippen molar-refractivity contribution in [1.82, 2.24) is 5.32 Å². The smallest absolute Gasteiger partial charge is 0.414 e. The van der Waals surface area contributed by atoms with Crippen LogP contribution in [0, 0.1) is 6.92 Å². The van der Waals surface area contributed by atoms with Gasteiger partial charge < -0.3 is 25.0 Å². The van der Waals surface area contributed by atoms with Gasteiger partial charge in [-0.3, -0.25) is 0 Å². The van der Waals surface area contributed by atoms with Crippen LogP contribution in [0.4, 0.5) is 0 Å². The van der Waals surface area contributed by atoms with Crippen molar-refractivity contribution in [2.24, 2.45) is 0 Å². The van der Waals surface area contributed by atoms with Gasteiger partial charge in [-0.05, 0) is 30.2 Å². The molecule has 3 N–H and O–H groups in total. The maximum Gasteiger partial charge on any atom is 0.414 e. The Morgan fingerprint density at radius 3 is 2.24 bits per heavy atom. The SMILES string of the molecule is Cc1cccc(CNCc2ccc3c(c2)OCO3)c1.O=C(O)C(=O)O. The van der Waals surface area contributed by atoms with Crippen LogP contribution in [0.3, 0.4) is 0 Å². The second-order valence-corrected chi connectivity index (χ2v) is 5.39. The summed E-state index contributed by atoms with van der Waals surface area (Å²) in [7, 11) is 0. The minimum absolute atomic E-state index is 0.329. The van der Waals surface area contributed by atoms with Crippen LogP contribution in [-0.2, 0) is 22.7 Å². The minimum atomic E-state index is -1.82. The van der Waals surface area contributed by atoms with Crippen LogP contribution < -0.4 is 14.8 Å². The molecule has 1 heterocycles. The van der Waals surface area contributed by atoms with Gasteiger partial charge in [0.25, 0.3) is 0 Å². The van der Waals surface area contributed by atoms with Crippen LogP contribution in [0.15, 0.2) is 42.5 Å². The molecule has 0 bridgehead atoms. The summed E-state index contributed by atoms with van der Waals surface area (Å²) in [6, 6.07) is 14.6. The Kier molecular flexibility index (Phi) is 6.36. The van der Waals surface area contributed by atoms with Crippen molar-refractivity contribution >= 4 is 11.9 Å². The number of nitrogens with one attached hydrogen (secondary N) is 1. The first kappa shape index (κ1) is 18.3. The zero-order chi connectivity index (χ0) is 18.2. The Labute approximate surface area is 144 Å². The molecule has 0 amide bonds. The van der Waals surface area contributed by atoms with Crippen LogP contribution in [0.5, 0.6) is 11.5 Å². The lowest BCUT2D eigenvalue weighted by Gasteiger charge is -2.06. The van der Waals surface area contributed by atoms with Crippen molar-refractivity contribution in [3.63, 3.8) is 0 Å². The molecule has 0 saturated heterocycles. The van der Waals surface area contributed by atoms with E-state index in [2.05, 4.69) is 42.6 Å². The first-order chi connectivity index (χ1) is 12.0. The summed E-state index contributed by atoms with van der Waals surface area (Å²) in [4.78, 5) is 18.2. The molecule has 25 heavy (non-hydrogen) atoms. The van der Waals surface area contributed by atoms with E-state index in [1.165, 1.54) is 16.7 Å². The number of aliphatic carboxylic acids is 2. The summed E-state index contributed by atoms with van der Waals surface area (Å²) in [5, 5.41) is 18.2. The van der Waals surface area contributed by atoms with Gasteiger partial charge in [0, 0.05) is 13.1 Å². The molecule has 0 radical (unpaired) electrons. The molecule has 2 aromatic rings. The highest BCUT2D eigenvalue weighted by Gasteiger charge is 2.12. The number of benzene rings is 2. The molecular formula is C18H19NO6. The number of fused-ring (bicyclic) bond motifs is 1. The normalized spacial score (nSPS) is 11.4. The molecule has 0 spiro atoms. The lowest BCUT2D eigenvalue weighted by molar-refractivity contribution is -0.159. The van der Waals surface area contributed by atoms with E-state index in [1.54, 1.807) is 0 Å². The Balaban J connectivity index is 0.000000326. The summed E-state index contributed by atoms with van der Waals surface area (Å²) >= 11 is 0. The maximum atomic E-state index is 9.10. The second-order valence-electron chi connectivity index (χ2n) is 5.39. The third kappa shape index (κ3) is 5.82. The highest BCUT2D eigenvalue weighted by Crippen LogP contribution is 2.32. The summed E-state index contributed by atoms with van der Waals surface area (Å²) in [6.45, 7) is 4.14. The van der Waals surface area contributed by atoms with Crippen molar-refractivity contribution in [3.8, 4) is 11.5 Å². The van der Waals surface area contributed by atoms with E-state index in [0.717, 1.165) is 24.6 Å². The Morgan fingerprint density at radius 2 is 1.60 bits per heavy atom. The van der Waals surface area contributed by atoms with Crippen LogP contribution in [0.1, 0.15) is 16.7 Å². The number of carboxylic acid groups (broad SMARTS) is 2. The Morgan fingerprint density at radius 1 is 0.960 bits per heavy atom. The predicted octanol–water partition coefficient (Wildman–Crippen LogP) is 2.17. The van der Waals surface area contributed by atoms with E-state index in [0.29, 0.717) is 6.79 Å². The fourth-order valence-corrected chi connectivity index (χ4v) is 2.22. The summed E-state index contributed by atoms with van der Waals surface area (Å²) in [5.74, 6) is -1.97. The van der Waals surface area contributed by atoms with E-state index in [1.807, 2.05) is 12.1 Å². The Hall–Kier alpha value is -3.06. The van der Waals surface area contributed by atoms with E-state index >= 15 is 0 Å². The lowest BCUT2D eigenvalue weighted by atomic mass is 10.1. The molecule has 1 aliphatic heterocycles. The molecule has 0 aromatic heterocycles. The lowest BCUT2D eigenvalue weighted by Crippen LogP contribution is -2.12. The van der Waals surface area contributed by atoms with Gasteiger partial charge in [-0.25, -0.2) is 9.59 Å². The molecule has 7 heteroatoms. The number of ether oxygens (including phenoxy) is 2. The number of rotatable bonds is 4. The van der Waals surface area contributed by atoms with Gasteiger partial charge in [-0.1, -0.05) is 35.9 Å².